The molecule has 0 radical (unpaired) electrons. The number of rotatable bonds is 8. The third-order valence-electron chi connectivity index (χ3n) is 6.67. The smallest absolute Gasteiger partial charge is 0.253 e. The Hall–Kier alpha value is -2.51. The van der Waals surface area contributed by atoms with Gasteiger partial charge in [0.1, 0.15) is 0 Å². The van der Waals surface area contributed by atoms with E-state index in [1.165, 1.54) is 19.3 Å². The van der Waals surface area contributed by atoms with Crippen LogP contribution >= 0.6 is 0 Å². The maximum absolute atomic E-state index is 12.9. The first kappa shape index (κ1) is 22.7. The van der Waals surface area contributed by atoms with Crippen LogP contribution in [0.15, 0.2) is 48.9 Å². The van der Waals surface area contributed by atoms with Crippen LogP contribution in [0.3, 0.4) is 0 Å². The monoisotopic (exact) mass is 437 g/mol. The van der Waals surface area contributed by atoms with Crippen LogP contribution in [-0.4, -0.2) is 64.0 Å². The van der Waals surface area contributed by atoms with Crippen LogP contribution in [0.2, 0.25) is 0 Å². The summed E-state index contributed by atoms with van der Waals surface area (Å²) in [6.07, 6.45) is 16.5. The SMILES string of the molecule is C/C=C/COC1CCN(C[C@@H]2CCCC[C@H]2NC(=O)c2ccc(-n3cccn3)nc2)CC1. The molecule has 2 fully saturated rings. The summed E-state index contributed by atoms with van der Waals surface area (Å²) >= 11 is 0. The number of carbonyl (C=O) groups excluding carboxylic acids is 1. The van der Waals surface area contributed by atoms with E-state index in [4.69, 9.17) is 4.74 Å². The summed E-state index contributed by atoms with van der Waals surface area (Å²) in [6.45, 7) is 5.96. The fourth-order valence-electron chi connectivity index (χ4n) is 4.81. The Morgan fingerprint density at radius 3 is 2.78 bits per heavy atom. The predicted octanol–water partition coefficient (Wildman–Crippen LogP) is 3.61. The van der Waals surface area contributed by atoms with Gasteiger partial charge in [-0.2, -0.15) is 5.10 Å². The Morgan fingerprint density at radius 2 is 2.06 bits per heavy atom. The molecule has 2 aromatic rings. The van der Waals surface area contributed by atoms with Gasteiger partial charge in [0.25, 0.3) is 5.91 Å². The van der Waals surface area contributed by atoms with Crippen molar-refractivity contribution in [3.8, 4) is 5.82 Å². The standard InChI is InChI=1S/C25H35N5O2/c1-2-3-17-32-22-11-15-29(16-12-22)19-21-7-4-5-8-23(21)28-25(31)20-9-10-24(26-18-20)30-14-6-13-27-30/h2-3,6,9-10,13-14,18,21-23H,4-5,7-8,11-12,15-17,19H2,1H3,(H,28,31)/b3-2+/t21-,23+/m0/s1. The van der Waals surface area contributed by atoms with Gasteiger partial charge in [0, 0.05) is 44.3 Å². The van der Waals surface area contributed by atoms with Crippen molar-refractivity contribution in [3.63, 3.8) is 0 Å². The summed E-state index contributed by atoms with van der Waals surface area (Å²) in [5.74, 6) is 1.18. The summed E-state index contributed by atoms with van der Waals surface area (Å²) in [4.78, 5) is 19.9. The second-order valence-electron chi connectivity index (χ2n) is 8.88. The molecule has 4 rings (SSSR count). The van der Waals surface area contributed by atoms with Crippen molar-refractivity contribution < 1.29 is 9.53 Å². The number of carbonyl (C=O) groups is 1. The van der Waals surface area contributed by atoms with E-state index in [0.29, 0.717) is 23.4 Å². The van der Waals surface area contributed by atoms with Gasteiger partial charge in [-0.3, -0.25) is 4.79 Å². The number of likely N-dealkylation sites (tertiary alicyclic amines) is 1. The number of hydrogen-bond acceptors (Lipinski definition) is 5. The number of piperidine rings is 1. The maximum Gasteiger partial charge on any atom is 0.253 e. The Labute approximate surface area is 190 Å². The van der Waals surface area contributed by atoms with Crippen LogP contribution in [0.1, 0.15) is 55.8 Å². The first-order valence-corrected chi connectivity index (χ1v) is 11.9. The quantitative estimate of drug-likeness (QED) is 0.639. The fraction of sp³-hybridized carbons (Fsp3) is 0.560. The average molecular weight is 438 g/mol. The number of aromatic nitrogens is 3. The number of nitrogens with one attached hydrogen (secondary N) is 1. The van der Waals surface area contributed by atoms with Gasteiger partial charge in [0.2, 0.25) is 0 Å². The van der Waals surface area contributed by atoms with Gasteiger partial charge in [-0.1, -0.05) is 25.0 Å². The van der Waals surface area contributed by atoms with Crippen LogP contribution in [0.25, 0.3) is 5.82 Å². The summed E-state index contributed by atoms with van der Waals surface area (Å²) in [5.41, 5.74) is 0.601. The number of allylic oxidation sites excluding steroid dienone is 1. The van der Waals surface area contributed by atoms with Crippen molar-refractivity contribution in [2.45, 2.75) is 57.6 Å². The normalized spacial score (nSPS) is 22.9. The lowest BCUT2D eigenvalue weighted by atomic mass is 9.83. The van der Waals surface area contributed by atoms with Gasteiger partial charge in [-0.15, -0.1) is 0 Å². The summed E-state index contributed by atoms with van der Waals surface area (Å²) in [7, 11) is 0. The van der Waals surface area contributed by atoms with Crippen LogP contribution in [-0.2, 0) is 4.74 Å². The minimum atomic E-state index is -0.0301. The van der Waals surface area contributed by atoms with Gasteiger partial charge in [0.05, 0.1) is 18.3 Å². The Balaban J connectivity index is 1.28. The van der Waals surface area contributed by atoms with Crippen molar-refractivity contribution in [1.82, 2.24) is 25.0 Å². The fourth-order valence-corrected chi connectivity index (χ4v) is 4.81. The second kappa shape index (κ2) is 11.4. The zero-order valence-corrected chi connectivity index (χ0v) is 19.0. The van der Waals surface area contributed by atoms with Gasteiger partial charge >= 0.3 is 0 Å². The second-order valence-corrected chi connectivity index (χ2v) is 8.88. The molecule has 1 aliphatic carbocycles. The molecule has 3 heterocycles. The molecule has 1 amide bonds. The van der Waals surface area contributed by atoms with Gasteiger partial charge in [0.15, 0.2) is 5.82 Å². The molecular formula is C25H35N5O2. The molecule has 2 aromatic heterocycles. The van der Waals surface area contributed by atoms with Crippen LogP contribution in [0.4, 0.5) is 0 Å². The zero-order chi connectivity index (χ0) is 22.2. The maximum atomic E-state index is 12.9. The number of amides is 1. The van der Waals surface area contributed by atoms with Crippen LogP contribution in [0.5, 0.6) is 0 Å². The molecule has 1 N–H and O–H groups in total. The molecule has 0 spiro atoms. The van der Waals surface area contributed by atoms with Crippen molar-refractivity contribution in [2.24, 2.45) is 5.92 Å². The number of nitrogens with zero attached hydrogens (tertiary/aromatic N) is 4. The predicted molar refractivity (Wildman–Crippen MR) is 125 cm³/mol. The highest BCUT2D eigenvalue weighted by Gasteiger charge is 2.30. The Morgan fingerprint density at radius 1 is 1.22 bits per heavy atom. The molecule has 2 aliphatic rings. The molecule has 1 aliphatic heterocycles. The number of pyridine rings is 1. The molecule has 1 saturated carbocycles. The molecule has 2 atom stereocenters. The lowest BCUT2D eigenvalue weighted by Crippen LogP contribution is -2.48. The van der Waals surface area contributed by atoms with E-state index < -0.39 is 0 Å². The molecule has 7 nitrogen and oxygen atoms in total. The van der Waals surface area contributed by atoms with Gasteiger partial charge in [-0.05, 0) is 56.7 Å². The Bertz CT molecular complexity index is 857. The lowest BCUT2D eigenvalue weighted by Gasteiger charge is -2.38. The zero-order valence-electron chi connectivity index (χ0n) is 19.0. The van der Waals surface area contributed by atoms with E-state index in [1.807, 2.05) is 37.4 Å². The summed E-state index contributed by atoms with van der Waals surface area (Å²) in [6, 6.07) is 5.74. The number of hydrogen-bond donors (Lipinski definition) is 1. The van der Waals surface area contributed by atoms with E-state index in [-0.39, 0.29) is 11.9 Å². The largest absolute Gasteiger partial charge is 0.374 e. The topological polar surface area (TPSA) is 72.3 Å². The first-order chi connectivity index (χ1) is 15.7. The minimum Gasteiger partial charge on any atom is -0.374 e. The third kappa shape index (κ3) is 6.04. The minimum absolute atomic E-state index is 0.0301. The molecular weight excluding hydrogens is 402 g/mol. The van der Waals surface area contributed by atoms with Crippen molar-refractivity contribution in [1.29, 1.82) is 0 Å². The van der Waals surface area contributed by atoms with Gasteiger partial charge < -0.3 is 15.0 Å². The Kier molecular flexibility index (Phi) is 8.07. The molecule has 7 heteroatoms. The lowest BCUT2D eigenvalue weighted by molar-refractivity contribution is 0.0153. The molecule has 32 heavy (non-hydrogen) atoms. The van der Waals surface area contributed by atoms with E-state index in [2.05, 4.69) is 26.4 Å². The van der Waals surface area contributed by atoms with E-state index in [9.17, 15) is 4.79 Å². The van der Waals surface area contributed by atoms with E-state index >= 15 is 0 Å². The van der Waals surface area contributed by atoms with E-state index in [0.717, 1.165) is 45.5 Å². The summed E-state index contributed by atoms with van der Waals surface area (Å²) < 4.78 is 7.62. The van der Waals surface area contributed by atoms with E-state index in [1.54, 1.807) is 17.1 Å². The molecule has 0 unspecified atom stereocenters. The number of ether oxygens (including phenoxy) is 1. The van der Waals surface area contributed by atoms with Crippen molar-refractivity contribution in [2.75, 3.05) is 26.2 Å². The third-order valence-corrected chi connectivity index (χ3v) is 6.67. The van der Waals surface area contributed by atoms with Gasteiger partial charge in [-0.25, -0.2) is 9.67 Å². The van der Waals surface area contributed by atoms with Crippen LogP contribution < -0.4 is 5.32 Å². The highest BCUT2D eigenvalue weighted by Crippen LogP contribution is 2.27. The molecule has 172 valence electrons. The highest BCUT2D eigenvalue weighted by molar-refractivity contribution is 5.94. The molecule has 0 bridgehead atoms. The summed E-state index contributed by atoms with van der Waals surface area (Å²) in [5, 5.41) is 7.49. The van der Waals surface area contributed by atoms with Crippen molar-refractivity contribution in [3.05, 3.63) is 54.5 Å². The van der Waals surface area contributed by atoms with Crippen LogP contribution in [0, 0.1) is 5.92 Å². The average Bonchev–Trinajstić information content (AvgIpc) is 3.37. The molecule has 1 saturated heterocycles. The molecule has 0 aromatic carbocycles. The first-order valence-electron chi connectivity index (χ1n) is 11.9. The highest BCUT2D eigenvalue weighted by atomic mass is 16.5. The van der Waals surface area contributed by atoms with Crippen molar-refractivity contribution >= 4 is 5.91 Å².